The van der Waals surface area contributed by atoms with Crippen LogP contribution in [0.25, 0.3) is 0 Å². The fraction of sp³-hybridized carbons (Fsp3) is 0.750. The minimum Gasteiger partial charge on any atom is -0.364 e. The van der Waals surface area contributed by atoms with Gasteiger partial charge in [0.25, 0.3) is 0 Å². The Bertz CT molecular complexity index is 226. The van der Waals surface area contributed by atoms with Crippen LogP contribution < -0.4 is 0 Å². The van der Waals surface area contributed by atoms with Gasteiger partial charge in [0.15, 0.2) is 0 Å². The Labute approximate surface area is 63.9 Å². The van der Waals surface area contributed by atoms with Crippen LogP contribution in [0.5, 0.6) is 0 Å². The van der Waals surface area contributed by atoms with Gasteiger partial charge in [0.05, 0.1) is 0 Å². The van der Waals surface area contributed by atoms with Gasteiger partial charge in [0.1, 0.15) is 36.6 Å². The highest BCUT2D eigenvalue weighted by atomic mass is 16.7. The van der Waals surface area contributed by atoms with Gasteiger partial charge >= 0.3 is 0 Å². The maximum absolute atomic E-state index is 5.46. The molecule has 3 nitrogen and oxygen atoms in total. The molecule has 3 aliphatic heterocycles. The third kappa shape index (κ3) is 0.596. The zero-order chi connectivity index (χ0) is 7.00. The molecule has 4 rings (SSSR count). The Morgan fingerprint density at radius 2 is 1.18 bits per heavy atom. The molecule has 0 unspecified atom stereocenters. The number of ether oxygens (including phenoxy) is 3. The molecule has 3 heteroatoms. The predicted molar refractivity (Wildman–Crippen MR) is 35.1 cm³/mol. The third-order valence-corrected chi connectivity index (χ3v) is 2.82. The lowest BCUT2D eigenvalue weighted by Gasteiger charge is -1.86. The molecule has 0 saturated carbocycles. The van der Waals surface area contributed by atoms with E-state index in [-0.39, 0.29) is 0 Å². The molecular weight excluding hydrogens is 144 g/mol. The average molecular weight is 152 g/mol. The van der Waals surface area contributed by atoms with E-state index in [1.54, 1.807) is 0 Å². The average Bonchev–Trinajstić information content (AvgIpc) is 2.78. The van der Waals surface area contributed by atoms with Gasteiger partial charge in [-0.05, 0) is 0 Å². The first-order valence-corrected chi connectivity index (χ1v) is 4.08. The molecule has 0 aromatic rings. The quantitative estimate of drug-likeness (QED) is 0.358. The van der Waals surface area contributed by atoms with Crippen molar-refractivity contribution in [2.75, 3.05) is 0 Å². The lowest BCUT2D eigenvalue weighted by Crippen LogP contribution is -2.12. The third-order valence-electron chi connectivity index (χ3n) is 2.82. The van der Waals surface area contributed by atoms with Crippen molar-refractivity contribution in [1.82, 2.24) is 0 Å². The topological polar surface area (TPSA) is 37.6 Å². The SMILES string of the molecule is C1=C[C@H]2O[C@H]2[C@@H]2O[C@@H]2[C@H]2O[C@@H]12. The maximum Gasteiger partial charge on any atom is 0.117 e. The van der Waals surface area contributed by atoms with Crippen molar-refractivity contribution in [2.45, 2.75) is 36.6 Å². The highest BCUT2D eigenvalue weighted by Gasteiger charge is 2.65. The number of fused-ring (bicyclic) bond motifs is 5. The summed E-state index contributed by atoms with van der Waals surface area (Å²) in [5, 5.41) is 0. The number of hydrogen-bond donors (Lipinski definition) is 0. The Morgan fingerprint density at radius 3 is 1.73 bits per heavy atom. The summed E-state index contributed by atoms with van der Waals surface area (Å²) in [7, 11) is 0. The summed E-state index contributed by atoms with van der Waals surface area (Å²) in [6.07, 6.45) is 6.26. The molecular formula is C8H8O3. The van der Waals surface area contributed by atoms with Gasteiger partial charge < -0.3 is 14.2 Å². The lowest BCUT2D eigenvalue weighted by atomic mass is 10.1. The Morgan fingerprint density at radius 1 is 0.636 bits per heavy atom. The molecule has 1 aliphatic carbocycles. The summed E-state index contributed by atoms with van der Waals surface area (Å²) >= 11 is 0. The molecule has 0 amide bonds. The normalized spacial score (nSPS) is 68.4. The summed E-state index contributed by atoms with van der Waals surface area (Å²) in [6, 6.07) is 0. The van der Waals surface area contributed by atoms with Crippen LogP contribution in [0, 0.1) is 0 Å². The van der Waals surface area contributed by atoms with Crippen LogP contribution in [0.3, 0.4) is 0 Å². The van der Waals surface area contributed by atoms with Gasteiger partial charge in [-0.2, -0.15) is 0 Å². The van der Waals surface area contributed by atoms with Crippen LogP contribution in [-0.2, 0) is 14.2 Å². The van der Waals surface area contributed by atoms with E-state index in [1.165, 1.54) is 0 Å². The molecule has 0 spiro atoms. The molecule has 58 valence electrons. The number of rotatable bonds is 0. The number of hydrogen-bond acceptors (Lipinski definition) is 3. The molecule has 3 saturated heterocycles. The highest BCUT2D eigenvalue weighted by Crippen LogP contribution is 2.48. The van der Waals surface area contributed by atoms with E-state index in [9.17, 15) is 0 Å². The standard InChI is InChI=1S/C8H8O3/c1-2-4-6(10-4)8-7(11-8)5-3(1)9-5/h1-8H/t3-,4+,5-,6+,7+,8-. The molecule has 4 aliphatic rings. The zero-order valence-corrected chi connectivity index (χ0v) is 5.84. The number of epoxide rings is 3. The van der Waals surface area contributed by atoms with E-state index in [4.69, 9.17) is 14.2 Å². The van der Waals surface area contributed by atoms with Crippen molar-refractivity contribution in [1.29, 1.82) is 0 Å². The first kappa shape index (κ1) is 5.30. The van der Waals surface area contributed by atoms with E-state index in [1.807, 2.05) is 0 Å². The van der Waals surface area contributed by atoms with Gasteiger partial charge in [-0.3, -0.25) is 0 Å². The second kappa shape index (κ2) is 1.40. The first-order valence-electron chi connectivity index (χ1n) is 4.08. The monoisotopic (exact) mass is 152 g/mol. The van der Waals surface area contributed by atoms with Crippen LogP contribution in [0.4, 0.5) is 0 Å². The molecule has 0 N–H and O–H groups in total. The van der Waals surface area contributed by atoms with E-state index in [0.717, 1.165) is 0 Å². The van der Waals surface area contributed by atoms with Crippen molar-refractivity contribution >= 4 is 0 Å². The molecule has 0 aromatic carbocycles. The van der Waals surface area contributed by atoms with Crippen LogP contribution in [0.2, 0.25) is 0 Å². The second-order valence-electron chi connectivity index (χ2n) is 3.58. The van der Waals surface area contributed by atoms with E-state index >= 15 is 0 Å². The summed E-state index contributed by atoms with van der Waals surface area (Å²) in [5.41, 5.74) is 0. The first-order chi connectivity index (χ1) is 5.43. The molecule has 0 bridgehead atoms. The van der Waals surface area contributed by atoms with Gasteiger partial charge in [0.2, 0.25) is 0 Å². The Hall–Kier alpha value is -0.380. The van der Waals surface area contributed by atoms with Gasteiger partial charge in [0, 0.05) is 0 Å². The van der Waals surface area contributed by atoms with Gasteiger partial charge in [-0.15, -0.1) is 0 Å². The molecule has 0 radical (unpaired) electrons. The summed E-state index contributed by atoms with van der Waals surface area (Å²) < 4.78 is 16.2. The van der Waals surface area contributed by atoms with Crippen molar-refractivity contribution < 1.29 is 14.2 Å². The van der Waals surface area contributed by atoms with E-state index in [0.29, 0.717) is 36.6 Å². The van der Waals surface area contributed by atoms with Crippen molar-refractivity contribution in [3.05, 3.63) is 12.2 Å². The fourth-order valence-electron chi connectivity index (χ4n) is 1.99. The molecule has 11 heavy (non-hydrogen) atoms. The van der Waals surface area contributed by atoms with E-state index < -0.39 is 0 Å². The minimum absolute atomic E-state index is 0.329. The molecule has 3 heterocycles. The highest BCUT2D eigenvalue weighted by molar-refractivity contribution is 5.22. The summed E-state index contributed by atoms with van der Waals surface area (Å²) in [5.74, 6) is 0. The molecule has 0 aromatic heterocycles. The van der Waals surface area contributed by atoms with Crippen molar-refractivity contribution in [3.63, 3.8) is 0 Å². The van der Waals surface area contributed by atoms with Crippen molar-refractivity contribution in [2.24, 2.45) is 0 Å². The fourth-order valence-corrected chi connectivity index (χ4v) is 1.99. The smallest absolute Gasteiger partial charge is 0.117 e. The van der Waals surface area contributed by atoms with E-state index in [2.05, 4.69) is 12.2 Å². The van der Waals surface area contributed by atoms with Gasteiger partial charge in [-0.25, -0.2) is 0 Å². The van der Waals surface area contributed by atoms with Crippen LogP contribution in [-0.4, -0.2) is 36.6 Å². The zero-order valence-electron chi connectivity index (χ0n) is 5.84. The van der Waals surface area contributed by atoms with Crippen molar-refractivity contribution in [3.8, 4) is 0 Å². The second-order valence-corrected chi connectivity index (χ2v) is 3.58. The minimum atomic E-state index is 0.329. The Balaban J connectivity index is 1.72. The van der Waals surface area contributed by atoms with Gasteiger partial charge in [-0.1, -0.05) is 12.2 Å². The van der Waals surface area contributed by atoms with Crippen LogP contribution in [0.1, 0.15) is 0 Å². The lowest BCUT2D eigenvalue weighted by molar-refractivity contribution is 0.294. The Kier molecular flexibility index (Phi) is 0.673. The largest absolute Gasteiger partial charge is 0.364 e. The summed E-state index contributed by atoms with van der Waals surface area (Å²) in [4.78, 5) is 0. The van der Waals surface area contributed by atoms with Crippen LogP contribution >= 0.6 is 0 Å². The summed E-state index contributed by atoms with van der Waals surface area (Å²) in [6.45, 7) is 0. The molecule has 3 fully saturated rings. The predicted octanol–water partition coefficient (Wildman–Crippen LogP) is -0.142. The maximum atomic E-state index is 5.46. The van der Waals surface area contributed by atoms with Crippen LogP contribution in [0.15, 0.2) is 12.2 Å². The molecule has 6 atom stereocenters.